The maximum Gasteiger partial charge on any atom is 0.410 e. The Morgan fingerprint density at radius 1 is 1.45 bits per heavy atom. The molecule has 0 aromatic rings. The Labute approximate surface area is 122 Å². The van der Waals surface area contributed by atoms with Gasteiger partial charge in [-0.25, -0.2) is 4.79 Å². The van der Waals surface area contributed by atoms with Crippen molar-refractivity contribution in [1.82, 2.24) is 4.90 Å². The number of hydrogen-bond donors (Lipinski definition) is 1. The lowest BCUT2D eigenvalue weighted by molar-refractivity contribution is 0.0287. The van der Waals surface area contributed by atoms with Gasteiger partial charge < -0.3 is 15.4 Å². The zero-order valence-corrected chi connectivity index (χ0v) is 13.0. The molecule has 4 heteroatoms. The molecular weight excluding hydrogens is 252 g/mol. The third-order valence-corrected chi connectivity index (χ3v) is 4.14. The molecule has 2 aliphatic rings. The number of allylic oxidation sites excluding steroid dienone is 1. The van der Waals surface area contributed by atoms with E-state index in [1.54, 1.807) is 4.90 Å². The molecule has 1 saturated heterocycles. The van der Waals surface area contributed by atoms with Crippen LogP contribution < -0.4 is 5.73 Å². The van der Waals surface area contributed by atoms with E-state index in [0.29, 0.717) is 5.92 Å². The van der Waals surface area contributed by atoms with Gasteiger partial charge in [-0.3, -0.25) is 0 Å². The van der Waals surface area contributed by atoms with Gasteiger partial charge in [-0.05, 0) is 58.8 Å². The molecule has 2 unspecified atom stereocenters. The van der Waals surface area contributed by atoms with Gasteiger partial charge in [-0.15, -0.1) is 0 Å². The molecule has 114 valence electrons. The molecule has 1 aliphatic heterocycles. The van der Waals surface area contributed by atoms with Crippen LogP contribution in [-0.4, -0.2) is 35.7 Å². The first-order valence-electron chi connectivity index (χ1n) is 7.79. The van der Waals surface area contributed by atoms with Gasteiger partial charge in [0.05, 0.1) is 0 Å². The number of ether oxygens (including phenoxy) is 1. The first-order valence-corrected chi connectivity index (χ1v) is 7.79. The summed E-state index contributed by atoms with van der Waals surface area (Å²) in [5.74, 6) is 0.381. The van der Waals surface area contributed by atoms with Crippen molar-refractivity contribution in [2.45, 2.75) is 64.5 Å². The summed E-state index contributed by atoms with van der Waals surface area (Å²) >= 11 is 0. The van der Waals surface area contributed by atoms with Crippen molar-refractivity contribution >= 4 is 6.09 Å². The van der Waals surface area contributed by atoms with Crippen LogP contribution in [0, 0.1) is 5.92 Å². The maximum atomic E-state index is 12.1. The molecule has 1 fully saturated rings. The summed E-state index contributed by atoms with van der Waals surface area (Å²) in [5, 5.41) is 0. The lowest BCUT2D eigenvalue weighted by atomic mass is 9.86. The Kier molecular flexibility index (Phi) is 4.74. The minimum Gasteiger partial charge on any atom is -0.444 e. The highest BCUT2D eigenvalue weighted by Gasteiger charge is 2.33. The fourth-order valence-corrected chi connectivity index (χ4v) is 3.04. The van der Waals surface area contributed by atoms with Gasteiger partial charge in [0.2, 0.25) is 0 Å². The minimum atomic E-state index is -0.427. The zero-order chi connectivity index (χ0) is 14.8. The smallest absolute Gasteiger partial charge is 0.410 e. The molecular formula is C16H28N2O2. The van der Waals surface area contributed by atoms with Gasteiger partial charge >= 0.3 is 6.09 Å². The number of nitrogens with two attached hydrogens (primary N) is 1. The molecule has 1 amide bonds. The van der Waals surface area contributed by atoms with E-state index in [1.807, 2.05) is 20.8 Å². The van der Waals surface area contributed by atoms with Crippen LogP contribution in [-0.2, 0) is 4.74 Å². The SMILES string of the molecule is CC(C)(C)OC(=O)N1CCC(C(N)C2=CCCCC2)C1. The molecule has 0 bridgehead atoms. The summed E-state index contributed by atoms with van der Waals surface area (Å²) in [4.78, 5) is 13.9. The normalized spacial score (nSPS) is 25.3. The summed E-state index contributed by atoms with van der Waals surface area (Å²) in [6.07, 6.45) is 7.91. The van der Waals surface area contributed by atoms with Crippen LogP contribution in [0.25, 0.3) is 0 Å². The lowest BCUT2D eigenvalue weighted by Gasteiger charge is -2.26. The molecule has 2 atom stereocenters. The van der Waals surface area contributed by atoms with Gasteiger partial charge in [0.1, 0.15) is 5.60 Å². The Hall–Kier alpha value is -1.03. The molecule has 2 N–H and O–H groups in total. The molecule has 0 spiro atoms. The third kappa shape index (κ3) is 3.98. The second-order valence-corrected chi connectivity index (χ2v) is 7.03. The van der Waals surface area contributed by atoms with Gasteiger partial charge in [0.15, 0.2) is 0 Å². The van der Waals surface area contributed by atoms with Crippen molar-refractivity contribution in [3.05, 3.63) is 11.6 Å². The summed E-state index contributed by atoms with van der Waals surface area (Å²) in [7, 11) is 0. The largest absolute Gasteiger partial charge is 0.444 e. The topological polar surface area (TPSA) is 55.6 Å². The van der Waals surface area contributed by atoms with Crippen LogP contribution in [0.2, 0.25) is 0 Å². The number of carbonyl (C=O) groups is 1. The summed E-state index contributed by atoms with van der Waals surface area (Å²) in [5.41, 5.74) is 7.36. The maximum absolute atomic E-state index is 12.1. The van der Waals surface area contributed by atoms with Gasteiger partial charge in [0, 0.05) is 19.1 Å². The van der Waals surface area contributed by atoms with Crippen molar-refractivity contribution in [2.24, 2.45) is 11.7 Å². The summed E-state index contributed by atoms with van der Waals surface area (Å²) in [6.45, 7) is 7.19. The average molecular weight is 280 g/mol. The van der Waals surface area contributed by atoms with Crippen molar-refractivity contribution in [3.63, 3.8) is 0 Å². The monoisotopic (exact) mass is 280 g/mol. The van der Waals surface area contributed by atoms with Crippen LogP contribution in [0.4, 0.5) is 4.79 Å². The first kappa shape index (κ1) is 15.4. The van der Waals surface area contributed by atoms with E-state index < -0.39 is 5.60 Å². The van der Waals surface area contributed by atoms with Crippen LogP contribution in [0.3, 0.4) is 0 Å². The fourth-order valence-electron chi connectivity index (χ4n) is 3.04. The van der Waals surface area contributed by atoms with E-state index in [4.69, 9.17) is 10.5 Å². The van der Waals surface area contributed by atoms with E-state index in [1.165, 1.54) is 18.4 Å². The van der Waals surface area contributed by atoms with Crippen molar-refractivity contribution in [1.29, 1.82) is 0 Å². The Morgan fingerprint density at radius 2 is 2.20 bits per heavy atom. The van der Waals surface area contributed by atoms with Gasteiger partial charge in [0.25, 0.3) is 0 Å². The standard InChI is InChI=1S/C16H28N2O2/c1-16(2,3)20-15(19)18-10-9-13(11-18)14(17)12-7-5-4-6-8-12/h7,13-14H,4-6,8-11,17H2,1-3H3. The Bertz CT molecular complexity index is 384. The van der Waals surface area contributed by atoms with Crippen LogP contribution >= 0.6 is 0 Å². The van der Waals surface area contributed by atoms with Gasteiger partial charge in [-0.2, -0.15) is 0 Å². The molecule has 1 aliphatic carbocycles. The molecule has 20 heavy (non-hydrogen) atoms. The van der Waals surface area contributed by atoms with E-state index in [0.717, 1.165) is 32.4 Å². The predicted molar refractivity (Wildman–Crippen MR) is 80.4 cm³/mol. The highest BCUT2D eigenvalue weighted by molar-refractivity contribution is 5.68. The number of amides is 1. The third-order valence-electron chi connectivity index (χ3n) is 4.14. The quantitative estimate of drug-likeness (QED) is 0.791. The zero-order valence-electron chi connectivity index (χ0n) is 13.0. The Balaban J connectivity index is 1.88. The summed E-state index contributed by atoms with van der Waals surface area (Å²) in [6, 6.07) is 0.114. The second kappa shape index (κ2) is 6.17. The van der Waals surface area contributed by atoms with E-state index >= 15 is 0 Å². The van der Waals surface area contributed by atoms with E-state index in [-0.39, 0.29) is 12.1 Å². The fraction of sp³-hybridized carbons (Fsp3) is 0.812. The second-order valence-electron chi connectivity index (χ2n) is 7.03. The van der Waals surface area contributed by atoms with Crippen molar-refractivity contribution in [2.75, 3.05) is 13.1 Å². The summed E-state index contributed by atoms with van der Waals surface area (Å²) < 4.78 is 5.43. The van der Waals surface area contributed by atoms with Crippen LogP contribution in [0.5, 0.6) is 0 Å². The first-order chi connectivity index (χ1) is 9.37. The predicted octanol–water partition coefficient (Wildman–Crippen LogP) is 3.07. The number of nitrogens with zero attached hydrogens (tertiary/aromatic N) is 1. The molecule has 0 aromatic heterocycles. The number of hydrogen-bond acceptors (Lipinski definition) is 3. The number of rotatable bonds is 2. The van der Waals surface area contributed by atoms with Gasteiger partial charge in [-0.1, -0.05) is 11.6 Å². The molecule has 1 heterocycles. The van der Waals surface area contributed by atoms with Crippen LogP contribution in [0.15, 0.2) is 11.6 Å². The van der Waals surface area contributed by atoms with Crippen molar-refractivity contribution < 1.29 is 9.53 Å². The number of likely N-dealkylation sites (tertiary alicyclic amines) is 1. The van der Waals surface area contributed by atoms with E-state index in [2.05, 4.69) is 6.08 Å². The Morgan fingerprint density at radius 3 is 2.80 bits per heavy atom. The molecule has 0 radical (unpaired) electrons. The minimum absolute atomic E-state index is 0.114. The molecule has 0 saturated carbocycles. The van der Waals surface area contributed by atoms with E-state index in [9.17, 15) is 4.79 Å². The highest BCUT2D eigenvalue weighted by atomic mass is 16.6. The lowest BCUT2D eigenvalue weighted by Crippen LogP contribution is -2.38. The average Bonchev–Trinajstić information content (AvgIpc) is 2.86. The molecule has 4 nitrogen and oxygen atoms in total. The number of carbonyl (C=O) groups excluding carboxylic acids is 1. The van der Waals surface area contributed by atoms with Crippen LogP contribution in [0.1, 0.15) is 52.9 Å². The van der Waals surface area contributed by atoms with Crippen molar-refractivity contribution in [3.8, 4) is 0 Å². The highest BCUT2D eigenvalue weighted by Crippen LogP contribution is 2.28. The molecule has 2 rings (SSSR count). The molecule has 0 aromatic carbocycles.